The van der Waals surface area contributed by atoms with Crippen molar-refractivity contribution in [2.24, 2.45) is 0 Å². The van der Waals surface area contributed by atoms with Crippen molar-refractivity contribution in [3.8, 4) is 0 Å². The summed E-state index contributed by atoms with van der Waals surface area (Å²) < 4.78 is 110. The van der Waals surface area contributed by atoms with E-state index in [0.29, 0.717) is 15.9 Å². The Hall–Kier alpha value is -1.42. The molecule has 3 nitrogen and oxygen atoms in total. The van der Waals surface area contributed by atoms with Gasteiger partial charge in [-0.05, 0) is 60.2 Å². The Labute approximate surface area is 203 Å². The van der Waals surface area contributed by atoms with Crippen LogP contribution in [0.25, 0.3) is 0 Å². The van der Waals surface area contributed by atoms with E-state index in [-0.39, 0.29) is 29.6 Å². The van der Waals surface area contributed by atoms with Crippen LogP contribution in [-0.2, 0) is 22.5 Å². The van der Waals surface area contributed by atoms with E-state index in [1.54, 1.807) is 0 Å². The third-order valence-corrected chi connectivity index (χ3v) is 7.55. The van der Waals surface area contributed by atoms with Gasteiger partial charge in [-0.3, -0.25) is 4.55 Å². The van der Waals surface area contributed by atoms with Crippen molar-refractivity contribution >= 4 is 63.5 Å². The van der Waals surface area contributed by atoms with Crippen LogP contribution in [0.2, 0.25) is 0 Å². The van der Waals surface area contributed by atoms with Crippen molar-refractivity contribution < 1.29 is 39.3 Å². The predicted molar refractivity (Wildman–Crippen MR) is 112 cm³/mol. The molecular weight excluding hydrogens is 488 g/mol. The van der Waals surface area contributed by atoms with E-state index in [0.717, 1.165) is 36.4 Å². The van der Waals surface area contributed by atoms with Crippen LogP contribution in [0, 0.1) is 0 Å². The average Bonchev–Trinajstić information content (AvgIpc) is 2.67. The van der Waals surface area contributed by atoms with Crippen molar-refractivity contribution in [2.75, 3.05) is 0 Å². The summed E-state index contributed by atoms with van der Waals surface area (Å²) in [5.74, 6) is 0. The third-order valence-electron chi connectivity index (χ3n) is 4.28. The topological polar surface area (TPSA) is 54.4 Å². The first-order chi connectivity index (χ1) is 14.3. The van der Waals surface area contributed by atoms with Gasteiger partial charge in [-0.25, -0.2) is 0 Å². The molecule has 0 radical (unpaired) electrons. The average molecular weight is 502 g/mol. The first-order valence-electron chi connectivity index (χ1n) is 8.49. The van der Waals surface area contributed by atoms with Gasteiger partial charge in [0.2, 0.25) is 0 Å². The number of alkyl halides is 6. The number of halogens is 6. The Balaban J connectivity index is 0.00000363. The zero-order valence-corrected chi connectivity index (χ0v) is 17.0. The summed E-state index contributed by atoms with van der Waals surface area (Å²) in [6, 6.07) is 13.3. The van der Waals surface area contributed by atoms with E-state index in [1.807, 2.05) is 0 Å². The molecule has 0 saturated carbocycles. The molecule has 0 aromatic heterocycles. The number of benzene rings is 3. The van der Waals surface area contributed by atoms with Crippen LogP contribution in [0.15, 0.2) is 77.7 Å². The van der Waals surface area contributed by atoms with Gasteiger partial charge >= 0.3 is 41.9 Å². The molecule has 0 bridgehead atoms. The van der Waals surface area contributed by atoms with E-state index < -0.39 is 46.4 Å². The first kappa shape index (κ1) is 26.8. The molecule has 0 unspecified atom stereocenters. The van der Waals surface area contributed by atoms with Crippen LogP contribution in [-0.4, -0.2) is 42.5 Å². The molecule has 166 valence electrons. The van der Waals surface area contributed by atoms with Crippen molar-refractivity contribution in [3.05, 3.63) is 83.9 Å². The van der Waals surface area contributed by atoms with Gasteiger partial charge in [0.25, 0.3) is 10.1 Å². The Morgan fingerprint density at radius 1 is 0.656 bits per heavy atom. The molecule has 32 heavy (non-hydrogen) atoms. The van der Waals surface area contributed by atoms with E-state index in [4.69, 9.17) is 0 Å². The molecule has 0 amide bonds. The fourth-order valence-electron chi connectivity index (χ4n) is 2.83. The van der Waals surface area contributed by atoms with E-state index >= 15 is 0 Å². The Kier molecular flexibility index (Phi) is 8.24. The summed E-state index contributed by atoms with van der Waals surface area (Å²) in [5.41, 5.74) is -1.80. The molecule has 0 atom stereocenters. The summed E-state index contributed by atoms with van der Waals surface area (Å²) in [6.45, 7) is 0. The van der Waals surface area contributed by atoms with Gasteiger partial charge in [0, 0.05) is 0 Å². The number of hydrogen-bond acceptors (Lipinski definition) is 2. The summed E-state index contributed by atoms with van der Waals surface area (Å²) in [4.78, 5) is -0.434. The van der Waals surface area contributed by atoms with E-state index in [9.17, 15) is 39.3 Å². The number of rotatable bonds is 4. The molecule has 0 aliphatic rings. The summed E-state index contributed by atoms with van der Waals surface area (Å²) >= 11 is 0. The van der Waals surface area contributed by atoms with E-state index in [2.05, 4.69) is 0 Å². The Bertz CT molecular complexity index is 1120. The normalized spacial score (nSPS) is 12.5. The first-order valence-corrected chi connectivity index (χ1v) is 11.3. The molecule has 0 aliphatic carbocycles. The van der Waals surface area contributed by atoms with Gasteiger partial charge in [-0.1, -0.05) is 36.4 Å². The molecule has 0 saturated heterocycles. The van der Waals surface area contributed by atoms with Gasteiger partial charge < -0.3 is 0 Å². The number of hydrogen-bond donors (Lipinski definition) is 1. The molecule has 0 spiro atoms. The summed E-state index contributed by atoms with van der Waals surface area (Å²) in [7, 11) is -6.28. The van der Waals surface area contributed by atoms with Crippen molar-refractivity contribution in [1.82, 2.24) is 0 Å². The molecule has 3 aromatic rings. The van der Waals surface area contributed by atoms with Crippen LogP contribution in [0.3, 0.4) is 0 Å². The Morgan fingerprint density at radius 2 is 1.06 bits per heavy atom. The van der Waals surface area contributed by atoms with E-state index in [1.165, 1.54) is 36.4 Å². The van der Waals surface area contributed by atoms with Crippen molar-refractivity contribution in [1.29, 1.82) is 0 Å². The summed E-state index contributed by atoms with van der Waals surface area (Å²) in [6.07, 6.45) is -9.14. The van der Waals surface area contributed by atoms with Crippen molar-refractivity contribution in [3.63, 3.8) is 0 Å². The maximum atomic E-state index is 12.9. The molecule has 3 aromatic carbocycles. The molecule has 0 fully saturated rings. The SMILES string of the molecule is O=S(=O)(O)c1cccc(P(c2ccc(C(F)(F)F)cc2)c2ccc(C(F)(F)F)cc2)c1.[NaH]. The zero-order valence-electron chi connectivity index (χ0n) is 15.3. The third kappa shape index (κ3) is 6.34. The van der Waals surface area contributed by atoms with Gasteiger partial charge in [0.15, 0.2) is 0 Å². The molecule has 1 N–H and O–H groups in total. The van der Waals surface area contributed by atoms with Crippen LogP contribution in [0.1, 0.15) is 11.1 Å². The minimum atomic E-state index is -4.57. The monoisotopic (exact) mass is 502 g/mol. The summed E-state index contributed by atoms with van der Waals surface area (Å²) in [5, 5.41) is 1.04. The van der Waals surface area contributed by atoms with Gasteiger partial charge in [-0.2, -0.15) is 34.8 Å². The fraction of sp³-hybridized carbons (Fsp3) is 0.100. The Morgan fingerprint density at radius 3 is 1.41 bits per heavy atom. The second kappa shape index (κ2) is 9.83. The van der Waals surface area contributed by atoms with Crippen LogP contribution < -0.4 is 15.9 Å². The molecule has 0 heterocycles. The van der Waals surface area contributed by atoms with Crippen LogP contribution in [0.5, 0.6) is 0 Å². The molecular formula is C20H14F6NaO3PS. The molecule has 12 heteroatoms. The standard InChI is InChI=1S/C20H13F6O3PS.Na.H/c21-19(22,23)13-4-8-15(9-5-13)30(16-10-6-14(7-11-16)20(24,25)26)17-2-1-3-18(12-17)31(27,28)29;;/h1-12H,(H,27,28,29);;. The predicted octanol–water partition coefficient (Wildman–Crippen LogP) is 4.08. The zero-order chi connectivity index (χ0) is 23.0. The van der Waals surface area contributed by atoms with Crippen LogP contribution >= 0.6 is 7.92 Å². The second-order valence-corrected chi connectivity index (χ2v) is 10.0. The second-order valence-electron chi connectivity index (χ2n) is 6.40. The van der Waals surface area contributed by atoms with Crippen molar-refractivity contribution in [2.45, 2.75) is 17.2 Å². The van der Waals surface area contributed by atoms with Gasteiger partial charge in [0.05, 0.1) is 16.0 Å². The minimum absolute atomic E-state index is 0. The fourth-order valence-corrected chi connectivity index (χ4v) is 5.74. The molecule has 0 aliphatic heterocycles. The van der Waals surface area contributed by atoms with Gasteiger partial charge in [0.1, 0.15) is 0 Å². The van der Waals surface area contributed by atoms with Crippen LogP contribution in [0.4, 0.5) is 26.3 Å². The quantitative estimate of drug-likeness (QED) is 0.253. The van der Waals surface area contributed by atoms with Gasteiger partial charge in [-0.15, -0.1) is 0 Å². The molecule has 3 rings (SSSR count). The maximum absolute atomic E-state index is 12.9.